The number of halogens is 1. The molecular weight excluding hydrogens is 425 g/mol. The lowest BCUT2D eigenvalue weighted by Gasteiger charge is -2.07. The van der Waals surface area contributed by atoms with Gasteiger partial charge in [-0.15, -0.1) is 0 Å². The summed E-state index contributed by atoms with van der Waals surface area (Å²) in [5, 5.41) is 3.82. The van der Waals surface area contributed by atoms with E-state index in [9.17, 15) is 14.0 Å². The molecule has 164 valence electrons. The molecule has 5 rings (SSSR count). The minimum absolute atomic E-state index is 0.104. The summed E-state index contributed by atoms with van der Waals surface area (Å²) >= 11 is 0. The number of fused-ring (bicyclic) bond motifs is 2. The lowest BCUT2D eigenvalue weighted by atomic mass is 10.1. The van der Waals surface area contributed by atoms with Gasteiger partial charge in [0.2, 0.25) is 0 Å². The van der Waals surface area contributed by atoms with Crippen LogP contribution in [0.5, 0.6) is 0 Å². The van der Waals surface area contributed by atoms with Crippen molar-refractivity contribution in [1.82, 2.24) is 29.5 Å². The number of nitrogens with zero attached hydrogens (tertiary/aromatic N) is 5. The van der Waals surface area contributed by atoms with Gasteiger partial charge in [0, 0.05) is 41.0 Å². The highest BCUT2D eigenvalue weighted by molar-refractivity contribution is 6.16. The Balaban J connectivity index is 1.44. The van der Waals surface area contributed by atoms with Gasteiger partial charge in [0.05, 0.1) is 23.6 Å². The summed E-state index contributed by atoms with van der Waals surface area (Å²) in [6.07, 6.45) is 8.77. The standard InChI is InChI=1S/C23H18FN7O2/c1-12(2)31-10-18(17-9-26-11-28-22(17)31)20(32)14-4-16(8-25-6-14)29-23(33)19-5-13-3-15(24)7-27-21(13)30-19/h3-12H,1-2H3,(H,27,30)(H,29,33). The van der Waals surface area contributed by atoms with Gasteiger partial charge in [0.15, 0.2) is 5.78 Å². The first-order valence-electron chi connectivity index (χ1n) is 10.2. The Morgan fingerprint density at radius 2 is 1.91 bits per heavy atom. The minimum atomic E-state index is -0.493. The van der Waals surface area contributed by atoms with E-state index in [0.717, 1.165) is 6.20 Å². The number of aromatic amines is 1. The molecule has 0 atom stereocenters. The zero-order valence-electron chi connectivity index (χ0n) is 17.7. The van der Waals surface area contributed by atoms with Crippen LogP contribution in [0.15, 0.2) is 55.5 Å². The van der Waals surface area contributed by atoms with Crippen LogP contribution in [-0.4, -0.2) is 41.2 Å². The van der Waals surface area contributed by atoms with Gasteiger partial charge in [0.1, 0.15) is 29.1 Å². The summed E-state index contributed by atoms with van der Waals surface area (Å²) in [5.74, 6) is -1.22. The third-order valence-electron chi connectivity index (χ3n) is 5.23. The molecule has 0 spiro atoms. The number of amides is 1. The second-order valence-corrected chi connectivity index (χ2v) is 7.82. The topological polar surface area (TPSA) is 118 Å². The van der Waals surface area contributed by atoms with Gasteiger partial charge in [0.25, 0.3) is 5.91 Å². The monoisotopic (exact) mass is 443 g/mol. The molecule has 0 aliphatic rings. The largest absolute Gasteiger partial charge is 0.335 e. The van der Waals surface area contributed by atoms with Crippen LogP contribution in [0.3, 0.4) is 0 Å². The summed E-state index contributed by atoms with van der Waals surface area (Å²) in [4.78, 5) is 45.2. The zero-order valence-corrected chi connectivity index (χ0v) is 17.7. The maximum atomic E-state index is 13.4. The van der Waals surface area contributed by atoms with E-state index in [-0.39, 0.29) is 17.5 Å². The number of ketones is 1. The minimum Gasteiger partial charge on any atom is -0.335 e. The molecule has 1 amide bonds. The Labute approximate surface area is 186 Å². The first-order valence-corrected chi connectivity index (χ1v) is 10.2. The number of carbonyl (C=O) groups excluding carboxylic acids is 2. The summed E-state index contributed by atoms with van der Waals surface area (Å²) in [5.41, 5.74) is 2.37. The van der Waals surface area contributed by atoms with Crippen molar-refractivity contribution in [2.24, 2.45) is 0 Å². The van der Waals surface area contributed by atoms with E-state index in [0.29, 0.717) is 38.9 Å². The molecular formula is C23H18FN7O2. The molecule has 0 fully saturated rings. The van der Waals surface area contributed by atoms with Crippen LogP contribution in [0.1, 0.15) is 46.3 Å². The molecule has 0 saturated heterocycles. The summed E-state index contributed by atoms with van der Waals surface area (Å²) < 4.78 is 15.3. The number of aromatic nitrogens is 6. The number of anilines is 1. The highest BCUT2D eigenvalue weighted by atomic mass is 19.1. The fourth-order valence-corrected chi connectivity index (χ4v) is 3.66. The van der Waals surface area contributed by atoms with Gasteiger partial charge < -0.3 is 14.9 Å². The third kappa shape index (κ3) is 3.71. The van der Waals surface area contributed by atoms with Crippen LogP contribution in [0.2, 0.25) is 0 Å². The molecule has 5 aromatic rings. The maximum Gasteiger partial charge on any atom is 0.272 e. The number of H-pyrrole nitrogens is 1. The molecule has 0 saturated carbocycles. The molecule has 0 unspecified atom stereocenters. The van der Waals surface area contributed by atoms with E-state index >= 15 is 0 Å². The van der Waals surface area contributed by atoms with Crippen LogP contribution in [-0.2, 0) is 0 Å². The quantitative estimate of drug-likeness (QED) is 0.398. The van der Waals surface area contributed by atoms with Crippen LogP contribution < -0.4 is 5.32 Å². The number of nitrogens with one attached hydrogen (secondary N) is 2. The van der Waals surface area contributed by atoms with E-state index in [1.165, 1.54) is 30.9 Å². The summed E-state index contributed by atoms with van der Waals surface area (Å²) in [6.45, 7) is 4.00. The molecule has 0 bridgehead atoms. The van der Waals surface area contributed by atoms with Gasteiger partial charge in [-0.2, -0.15) is 0 Å². The number of hydrogen-bond acceptors (Lipinski definition) is 6. The number of carbonyl (C=O) groups is 2. The van der Waals surface area contributed by atoms with E-state index < -0.39 is 11.7 Å². The molecule has 33 heavy (non-hydrogen) atoms. The van der Waals surface area contributed by atoms with Crippen molar-refractivity contribution in [1.29, 1.82) is 0 Å². The molecule has 5 aromatic heterocycles. The Bertz CT molecular complexity index is 1540. The maximum absolute atomic E-state index is 13.4. The van der Waals surface area contributed by atoms with E-state index in [4.69, 9.17) is 0 Å². The average Bonchev–Trinajstić information content (AvgIpc) is 3.40. The summed E-state index contributed by atoms with van der Waals surface area (Å²) in [7, 11) is 0. The zero-order chi connectivity index (χ0) is 23.1. The number of hydrogen-bond donors (Lipinski definition) is 2. The van der Waals surface area contributed by atoms with E-state index in [2.05, 4.69) is 30.2 Å². The summed E-state index contributed by atoms with van der Waals surface area (Å²) in [6, 6.07) is 4.44. The molecule has 2 N–H and O–H groups in total. The van der Waals surface area contributed by atoms with Crippen LogP contribution >= 0.6 is 0 Å². The predicted octanol–water partition coefficient (Wildman–Crippen LogP) is 3.91. The van der Waals surface area contributed by atoms with Gasteiger partial charge in [-0.25, -0.2) is 19.3 Å². The second kappa shape index (κ2) is 7.90. The second-order valence-electron chi connectivity index (χ2n) is 7.82. The molecule has 9 nitrogen and oxygen atoms in total. The van der Waals surface area contributed by atoms with Crippen molar-refractivity contribution in [2.45, 2.75) is 19.9 Å². The molecule has 0 aromatic carbocycles. The van der Waals surface area contributed by atoms with Crippen molar-refractivity contribution in [3.05, 3.63) is 78.1 Å². The molecule has 5 heterocycles. The Morgan fingerprint density at radius 3 is 2.73 bits per heavy atom. The van der Waals surface area contributed by atoms with Gasteiger partial charge in [-0.05, 0) is 32.0 Å². The fourth-order valence-electron chi connectivity index (χ4n) is 3.66. The lowest BCUT2D eigenvalue weighted by molar-refractivity contribution is 0.101. The van der Waals surface area contributed by atoms with Crippen LogP contribution in [0.25, 0.3) is 22.1 Å². The molecule has 0 aliphatic heterocycles. The Morgan fingerprint density at radius 1 is 1.06 bits per heavy atom. The van der Waals surface area contributed by atoms with Gasteiger partial charge in [-0.1, -0.05) is 0 Å². The number of pyridine rings is 2. The van der Waals surface area contributed by atoms with Crippen molar-refractivity contribution < 1.29 is 14.0 Å². The third-order valence-corrected chi connectivity index (χ3v) is 5.23. The van der Waals surface area contributed by atoms with Crippen LogP contribution in [0, 0.1) is 5.82 Å². The number of rotatable bonds is 5. The molecule has 10 heteroatoms. The molecule has 0 radical (unpaired) electrons. The fraction of sp³-hybridized carbons (Fsp3) is 0.130. The normalized spacial score (nSPS) is 11.4. The van der Waals surface area contributed by atoms with Crippen molar-refractivity contribution in [2.75, 3.05) is 5.32 Å². The van der Waals surface area contributed by atoms with Crippen molar-refractivity contribution >= 4 is 39.4 Å². The first-order chi connectivity index (χ1) is 15.9. The van der Waals surface area contributed by atoms with Gasteiger partial charge in [-0.3, -0.25) is 14.6 Å². The van der Waals surface area contributed by atoms with Crippen molar-refractivity contribution in [3.63, 3.8) is 0 Å². The Kier molecular flexibility index (Phi) is 4.89. The van der Waals surface area contributed by atoms with E-state index in [1.54, 1.807) is 18.5 Å². The highest BCUT2D eigenvalue weighted by Gasteiger charge is 2.20. The average molecular weight is 443 g/mol. The predicted molar refractivity (Wildman–Crippen MR) is 120 cm³/mol. The highest BCUT2D eigenvalue weighted by Crippen LogP contribution is 2.25. The van der Waals surface area contributed by atoms with E-state index in [1.807, 2.05) is 18.4 Å². The van der Waals surface area contributed by atoms with Crippen molar-refractivity contribution in [3.8, 4) is 0 Å². The smallest absolute Gasteiger partial charge is 0.272 e. The first kappa shape index (κ1) is 20.4. The molecule has 0 aliphatic carbocycles. The lowest BCUT2D eigenvalue weighted by Crippen LogP contribution is -2.13. The van der Waals surface area contributed by atoms with Crippen LogP contribution in [0.4, 0.5) is 10.1 Å². The van der Waals surface area contributed by atoms with Gasteiger partial charge >= 0.3 is 0 Å². The Hall–Kier alpha value is -4.47. The SMILES string of the molecule is CC(C)n1cc(C(=O)c2cncc(NC(=O)c3cc4cc(F)cnc4[nH]3)c2)c2cncnc21.